The zero-order valence-corrected chi connectivity index (χ0v) is 22.4. The molecule has 0 aromatic carbocycles. The van der Waals surface area contributed by atoms with E-state index in [2.05, 4.69) is 33.9 Å². The second-order valence-electron chi connectivity index (χ2n) is 10.3. The third kappa shape index (κ3) is 6.65. The van der Waals surface area contributed by atoms with Gasteiger partial charge < -0.3 is 19.0 Å². The molecule has 32 heavy (non-hydrogen) atoms. The van der Waals surface area contributed by atoms with Crippen LogP contribution in [0, 0.1) is 11.8 Å². The Hall–Kier alpha value is -1.70. The number of carbonyl (C=O) groups excluding carboxylic acids is 2. The number of aliphatic hydroxyl groups is 1. The summed E-state index contributed by atoms with van der Waals surface area (Å²) in [6.07, 6.45) is 6.46. The highest BCUT2D eigenvalue weighted by Gasteiger charge is 2.52. The van der Waals surface area contributed by atoms with Crippen LogP contribution in [0.15, 0.2) is 35.5 Å². The number of carbonyl (C=O) groups is 2. The van der Waals surface area contributed by atoms with E-state index in [-0.39, 0.29) is 29.6 Å². The molecule has 0 amide bonds. The fourth-order valence-corrected chi connectivity index (χ4v) is 4.73. The van der Waals surface area contributed by atoms with Gasteiger partial charge in [0.15, 0.2) is 8.32 Å². The van der Waals surface area contributed by atoms with E-state index in [9.17, 15) is 14.7 Å². The van der Waals surface area contributed by atoms with Crippen molar-refractivity contribution in [2.75, 3.05) is 13.7 Å². The van der Waals surface area contributed by atoms with Crippen LogP contribution in [0.2, 0.25) is 18.1 Å². The van der Waals surface area contributed by atoms with Crippen molar-refractivity contribution in [2.45, 2.75) is 84.7 Å². The van der Waals surface area contributed by atoms with Gasteiger partial charge in [-0.25, -0.2) is 4.79 Å². The molecule has 0 aliphatic heterocycles. The van der Waals surface area contributed by atoms with Crippen molar-refractivity contribution < 1.29 is 28.6 Å². The Morgan fingerprint density at radius 3 is 2.38 bits per heavy atom. The molecule has 3 atom stereocenters. The fraction of sp³-hybridized carbons (Fsp3) is 0.680. The summed E-state index contributed by atoms with van der Waals surface area (Å²) in [5, 5.41) is 11.9. The molecule has 0 radical (unpaired) electrons. The zero-order chi connectivity index (χ0) is 24.9. The highest BCUT2D eigenvalue weighted by Crippen LogP contribution is 2.44. The van der Waals surface area contributed by atoms with E-state index in [4.69, 9.17) is 13.9 Å². The third-order valence-corrected chi connectivity index (χ3v) is 10.8. The number of esters is 2. The number of rotatable bonds is 8. The van der Waals surface area contributed by atoms with E-state index in [1.165, 1.54) is 13.2 Å². The first-order valence-corrected chi connectivity index (χ1v) is 14.2. The maximum Gasteiger partial charge on any atom is 0.336 e. The SMILES string of the molecule is CCOC(=O)[C@H]1C=C(C)[C@H](O[Si](C)(C)C(C)(C)C)C[C@]1(O)/C(=C/C=C\C(C)C)C(=O)OC. The molecule has 0 saturated heterocycles. The number of methoxy groups -OCH3 is 1. The van der Waals surface area contributed by atoms with Gasteiger partial charge in [0.05, 0.1) is 25.4 Å². The Bertz CT molecular complexity index is 772. The van der Waals surface area contributed by atoms with Crippen molar-refractivity contribution in [1.82, 2.24) is 0 Å². The van der Waals surface area contributed by atoms with Gasteiger partial charge in [0.2, 0.25) is 0 Å². The van der Waals surface area contributed by atoms with Crippen LogP contribution in [0.25, 0.3) is 0 Å². The van der Waals surface area contributed by atoms with Crippen molar-refractivity contribution in [3.63, 3.8) is 0 Å². The Labute approximate surface area is 194 Å². The zero-order valence-electron chi connectivity index (χ0n) is 21.4. The third-order valence-electron chi connectivity index (χ3n) is 6.36. The normalized spacial score (nSPS) is 25.1. The molecule has 0 spiro atoms. The van der Waals surface area contributed by atoms with Gasteiger partial charge in [-0.2, -0.15) is 0 Å². The summed E-state index contributed by atoms with van der Waals surface area (Å²) in [6, 6.07) is 0. The minimum absolute atomic E-state index is 0.0162. The van der Waals surface area contributed by atoms with Crippen LogP contribution < -0.4 is 0 Å². The lowest BCUT2D eigenvalue weighted by Gasteiger charge is -2.45. The molecule has 1 aliphatic rings. The summed E-state index contributed by atoms with van der Waals surface area (Å²) in [7, 11) is -0.927. The molecule has 0 unspecified atom stereocenters. The average Bonchev–Trinajstić information content (AvgIpc) is 2.66. The van der Waals surface area contributed by atoms with Crippen LogP contribution in [-0.4, -0.2) is 50.8 Å². The molecular formula is C25H42O6Si. The molecule has 1 rings (SSSR count). The van der Waals surface area contributed by atoms with Crippen LogP contribution in [0.3, 0.4) is 0 Å². The quantitative estimate of drug-likeness (QED) is 0.179. The van der Waals surface area contributed by atoms with Crippen molar-refractivity contribution in [2.24, 2.45) is 11.8 Å². The lowest BCUT2D eigenvalue weighted by atomic mass is 9.71. The summed E-state index contributed by atoms with van der Waals surface area (Å²) in [6.45, 7) is 18.5. The molecule has 0 fully saturated rings. The first kappa shape index (κ1) is 28.3. The fourth-order valence-electron chi connectivity index (χ4n) is 3.39. The number of ether oxygens (including phenoxy) is 2. The molecule has 0 aromatic heterocycles. The van der Waals surface area contributed by atoms with E-state index in [1.54, 1.807) is 19.1 Å². The standard InChI is InChI=1S/C25H42O6Si/c1-11-30-23(27)20-15-18(4)21(31-32(9,10)24(5,6)7)16-25(20,28)19(22(26)29-8)14-12-13-17(2)3/h12-15,17,20-21,28H,11,16H2,1-10H3/b13-12-,19-14+/t20-,21-,25+/m1/s1. The minimum Gasteiger partial charge on any atom is -0.466 e. The van der Waals surface area contributed by atoms with Crippen LogP contribution in [0.5, 0.6) is 0 Å². The molecule has 1 N–H and O–H groups in total. The summed E-state index contributed by atoms with van der Waals surface area (Å²) < 4.78 is 16.8. The molecule has 182 valence electrons. The Kier molecular flexibility index (Phi) is 9.69. The predicted octanol–water partition coefficient (Wildman–Crippen LogP) is 4.95. The second-order valence-corrected chi connectivity index (χ2v) is 15.1. The van der Waals surface area contributed by atoms with Crippen molar-refractivity contribution in [1.29, 1.82) is 0 Å². The topological polar surface area (TPSA) is 82.1 Å². The number of allylic oxidation sites excluding steroid dienone is 3. The largest absolute Gasteiger partial charge is 0.466 e. The molecule has 7 heteroatoms. The van der Waals surface area contributed by atoms with E-state index in [0.29, 0.717) is 0 Å². The summed E-state index contributed by atoms with van der Waals surface area (Å²) >= 11 is 0. The first-order valence-electron chi connectivity index (χ1n) is 11.3. The van der Waals surface area contributed by atoms with Gasteiger partial charge in [0.25, 0.3) is 0 Å². The van der Waals surface area contributed by atoms with E-state index >= 15 is 0 Å². The Balaban J connectivity index is 3.61. The lowest BCUT2D eigenvalue weighted by molar-refractivity contribution is -0.156. The number of hydrogen-bond donors (Lipinski definition) is 1. The highest BCUT2D eigenvalue weighted by atomic mass is 28.4. The average molecular weight is 467 g/mol. The van der Waals surface area contributed by atoms with Gasteiger partial charge in [-0.3, -0.25) is 4.79 Å². The molecular weight excluding hydrogens is 424 g/mol. The smallest absolute Gasteiger partial charge is 0.336 e. The minimum atomic E-state index is -2.19. The van der Waals surface area contributed by atoms with Crippen molar-refractivity contribution in [3.8, 4) is 0 Å². The first-order chi connectivity index (χ1) is 14.6. The van der Waals surface area contributed by atoms with Gasteiger partial charge in [-0.15, -0.1) is 0 Å². The molecule has 0 heterocycles. The van der Waals surface area contributed by atoms with Crippen molar-refractivity contribution >= 4 is 20.3 Å². The van der Waals surface area contributed by atoms with Gasteiger partial charge in [0.1, 0.15) is 11.5 Å². The molecule has 0 bridgehead atoms. The van der Waals surface area contributed by atoms with Gasteiger partial charge in [-0.1, -0.05) is 52.8 Å². The lowest BCUT2D eigenvalue weighted by Crippen LogP contribution is -2.54. The predicted molar refractivity (Wildman–Crippen MR) is 130 cm³/mol. The monoisotopic (exact) mass is 466 g/mol. The summed E-state index contributed by atoms with van der Waals surface area (Å²) in [4.78, 5) is 25.6. The van der Waals surface area contributed by atoms with Gasteiger partial charge >= 0.3 is 11.9 Å². The molecule has 1 aliphatic carbocycles. The van der Waals surface area contributed by atoms with Crippen LogP contribution in [-0.2, 0) is 23.5 Å². The van der Waals surface area contributed by atoms with E-state index in [0.717, 1.165) is 5.57 Å². The number of hydrogen-bond acceptors (Lipinski definition) is 6. The van der Waals surface area contributed by atoms with E-state index in [1.807, 2.05) is 26.8 Å². The van der Waals surface area contributed by atoms with Crippen molar-refractivity contribution in [3.05, 3.63) is 35.5 Å². The van der Waals surface area contributed by atoms with Gasteiger partial charge in [0, 0.05) is 6.42 Å². The summed E-state index contributed by atoms with van der Waals surface area (Å²) in [5.74, 6) is -2.06. The van der Waals surface area contributed by atoms with Crippen LogP contribution >= 0.6 is 0 Å². The molecule has 0 aromatic rings. The maximum atomic E-state index is 12.9. The molecule has 0 saturated carbocycles. The highest BCUT2D eigenvalue weighted by molar-refractivity contribution is 6.74. The molecule has 6 nitrogen and oxygen atoms in total. The Morgan fingerprint density at radius 2 is 1.91 bits per heavy atom. The second kappa shape index (κ2) is 10.9. The van der Waals surface area contributed by atoms with Gasteiger partial charge in [-0.05, 0) is 49.5 Å². The Morgan fingerprint density at radius 1 is 1.31 bits per heavy atom. The van der Waals surface area contributed by atoms with Crippen LogP contribution in [0.4, 0.5) is 0 Å². The van der Waals surface area contributed by atoms with Crippen LogP contribution in [0.1, 0.15) is 54.9 Å². The van der Waals surface area contributed by atoms with E-state index < -0.39 is 37.9 Å². The maximum absolute atomic E-state index is 12.9. The summed E-state index contributed by atoms with van der Waals surface area (Å²) in [5.41, 5.74) is -0.963.